The van der Waals surface area contributed by atoms with Gasteiger partial charge in [0.05, 0.1) is 26.5 Å². The van der Waals surface area contributed by atoms with Crippen LogP contribution in [-0.2, 0) is 0 Å². The van der Waals surface area contributed by atoms with Crippen molar-refractivity contribution >= 4 is 46.4 Å². The lowest BCUT2D eigenvalue weighted by molar-refractivity contribution is 0.475. The molecule has 0 fully saturated rings. The van der Waals surface area contributed by atoms with Gasteiger partial charge in [-0.1, -0.05) is 46.4 Å². The Hall–Kier alpha value is -0.800. The Morgan fingerprint density at radius 2 is 0.895 bits per heavy atom. The molecule has 0 bridgehead atoms. The monoisotopic (exact) mass is 334 g/mol. The maximum absolute atomic E-state index is 9.45. The fraction of sp³-hybridized carbons (Fsp3) is 0. The van der Waals surface area contributed by atoms with E-state index in [0.29, 0.717) is 11.1 Å². The normalized spacial score (nSPS) is 10.7. The lowest BCUT2D eigenvalue weighted by Crippen LogP contribution is -1.87. The second-order valence-electron chi connectivity index (χ2n) is 3.70. The van der Waals surface area contributed by atoms with Gasteiger partial charge in [0.1, 0.15) is 0 Å². The van der Waals surface area contributed by atoms with Crippen LogP contribution in [0.1, 0.15) is 11.1 Å². The van der Waals surface area contributed by atoms with E-state index in [-0.39, 0.29) is 31.6 Å². The van der Waals surface area contributed by atoms with Crippen LogP contribution in [0.25, 0.3) is 0 Å². The third kappa shape index (κ3) is 3.21. The van der Waals surface area contributed by atoms with Crippen molar-refractivity contribution in [3.8, 4) is 11.5 Å². The van der Waals surface area contributed by atoms with Gasteiger partial charge < -0.3 is 10.2 Å². The van der Waals surface area contributed by atoms with Crippen LogP contribution in [0.5, 0.6) is 11.5 Å². The molecule has 0 atom stereocenters. The van der Waals surface area contributed by atoms with Crippen molar-refractivity contribution in [3.05, 3.63) is 61.9 Å². The minimum absolute atomic E-state index is 0.117. The summed E-state index contributed by atoms with van der Waals surface area (Å²) < 4.78 is 0. The Balaban J connectivity index is 2.36. The van der Waals surface area contributed by atoms with Gasteiger partial charge in [-0.2, -0.15) is 0 Å². The van der Waals surface area contributed by atoms with Crippen molar-refractivity contribution in [3.63, 3.8) is 0 Å². The van der Waals surface area contributed by atoms with Gasteiger partial charge >= 0.3 is 0 Å². The van der Waals surface area contributed by atoms with Gasteiger partial charge in [-0.15, -0.1) is 0 Å². The predicted octanol–water partition coefficient (Wildman–Crippen LogP) is 5.19. The van der Waals surface area contributed by atoms with Gasteiger partial charge in [0.2, 0.25) is 0 Å². The number of phenolic OH excluding ortho intramolecular Hbond substituents is 2. The summed E-state index contributed by atoms with van der Waals surface area (Å²) in [6.45, 7) is 0. The maximum Gasteiger partial charge on any atom is 0.152 e. The second kappa shape index (κ2) is 5.68. The highest BCUT2D eigenvalue weighted by Gasteiger charge is 2.11. The number of halogens is 4. The maximum atomic E-state index is 9.45. The fourth-order valence-electron chi connectivity index (χ4n) is 1.44. The van der Waals surface area contributed by atoms with Crippen LogP contribution in [0.15, 0.2) is 24.3 Å². The van der Waals surface area contributed by atoms with Crippen LogP contribution in [0.2, 0.25) is 20.1 Å². The van der Waals surface area contributed by atoms with Crippen LogP contribution < -0.4 is 0 Å². The van der Waals surface area contributed by atoms with E-state index < -0.39 is 0 Å². The molecule has 0 aliphatic heterocycles. The predicted molar refractivity (Wildman–Crippen MR) is 77.7 cm³/mol. The zero-order chi connectivity index (χ0) is 14.2. The van der Waals surface area contributed by atoms with Crippen LogP contribution in [0, 0.1) is 6.42 Å². The Labute approximate surface area is 130 Å². The number of aromatic hydroxyl groups is 2. The number of benzene rings is 2. The van der Waals surface area contributed by atoms with E-state index >= 15 is 0 Å². The molecule has 0 saturated heterocycles. The van der Waals surface area contributed by atoms with Gasteiger partial charge in [-0.05, 0) is 35.4 Å². The molecule has 0 aliphatic rings. The molecule has 0 aliphatic carbocycles. The van der Waals surface area contributed by atoms with E-state index in [1.807, 2.05) is 0 Å². The minimum Gasteiger partial charge on any atom is -0.505 e. The summed E-state index contributed by atoms with van der Waals surface area (Å²) in [7, 11) is 0. The minimum atomic E-state index is -0.185. The first-order valence-electron chi connectivity index (χ1n) is 5.01. The zero-order valence-electron chi connectivity index (χ0n) is 9.22. The molecule has 2 aromatic carbocycles. The van der Waals surface area contributed by atoms with Crippen LogP contribution in [-0.4, -0.2) is 10.2 Å². The summed E-state index contributed by atoms with van der Waals surface area (Å²) in [4.78, 5) is 0. The summed E-state index contributed by atoms with van der Waals surface area (Å²) in [5.74, 6) is -0.369. The van der Waals surface area contributed by atoms with Crippen molar-refractivity contribution in [2.24, 2.45) is 0 Å². The Morgan fingerprint density at radius 3 is 1.16 bits per heavy atom. The molecular weight excluding hydrogens is 330 g/mol. The highest BCUT2D eigenvalue weighted by Crippen LogP contribution is 2.36. The standard InChI is InChI=1S/C13H6Cl4O2/c14-8-2-6(3-9(15)12(8)18)1-7-4-10(16)13(19)11(17)5-7/h2-5,18-19H. The molecule has 2 rings (SSSR count). The molecule has 6 heteroatoms. The lowest BCUT2D eigenvalue weighted by Gasteiger charge is -2.07. The highest BCUT2D eigenvalue weighted by molar-refractivity contribution is 6.37. The molecule has 2 N–H and O–H groups in total. The molecule has 19 heavy (non-hydrogen) atoms. The van der Waals surface area contributed by atoms with Crippen molar-refractivity contribution in [2.45, 2.75) is 0 Å². The molecule has 0 saturated carbocycles. The van der Waals surface area contributed by atoms with Crippen molar-refractivity contribution in [2.75, 3.05) is 0 Å². The highest BCUT2D eigenvalue weighted by atomic mass is 35.5. The molecule has 2 nitrogen and oxygen atoms in total. The summed E-state index contributed by atoms with van der Waals surface area (Å²) >= 11 is 23.2. The van der Waals surface area contributed by atoms with E-state index in [0.717, 1.165) is 0 Å². The van der Waals surface area contributed by atoms with Gasteiger partial charge in [0, 0.05) is 0 Å². The Morgan fingerprint density at radius 1 is 0.632 bits per heavy atom. The first-order chi connectivity index (χ1) is 8.88. The first-order valence-corrected chi connectivity index (χ1v) is 6.52. The molecule has 0 amide bonds. The first kappa shape index (κ1) is 14.6. The molecule has 2 radical (unpaired) electrons. The van der Waals surface area contributed by atoms with Crippen molar-refractivity contribution in [1.82, 2.24) is 0 Å². The molecule has 0 heterocycles. The molecule has 98 valence electrons. The van der Waals surface area contributed by atoms with Gasteiger partial charge in [-0.25, -0.2) is 0 Å². The van der Waals surface area contributed by atoms with Crippen LogP contribution in [0.3, 0.4) is 0 Å². The van der Waals surface area contributed by atoms with Crippen LogP contribution >= 0.6 is 46.4 Å². The zero-order valence-corrected chi connectivity index (χ0v) is 12.2. The number of hydrogen-bond donors (Lipinski definition) is 2. The van der Waals surface area contributed by atoms with Crippen LogP contribution in [0.4, 0.5) is 0 Å². The van der Waals surface area contributed by atoms with Gasteiger partial charge in [-0.3, -0.25) is 0 Å². The second-order valence-corrected chi connectivity index (χ2v) is 5.33. The SMILES string of the molecule is Oc1c(Cl)cc([C]c2cc(Cl)c(O)c(Cl)c2)cc1Cl. The van der Waals surface area contributed by atoms with E-state index in [2.05, 4.69) is 6.42 Å². The van der Waals surface area contributed by atoms with E-state index in [1.54, 1.807) is 0 Å². The smallest absolute Gasteiger partial charge is 0.152 e. The number of rotatable bonds is 2. The third-order valence-electron chi connectivity index (χ3n) is 2.32. The lowest BCUT2D eigenvalue weighted by atomic mass is 10.0. The third-order valence-corrected chi connectivity index (χ3v) is 3.47. The topological polar surface area (TPSA) is 40.5 Å². The molecular formula is C13H6Cl4O2. The molecule has 0 spiro atoms. The summed E-state index contributed by atoms with van der Waals surface area (Å²) in [6.07, 6.45) is 2.96. The quantitative estimate of drug-likeness (QED) is 0.792. The van der Waals surface area contributed by atoms with E-state index in [9.17, 15) is 10.2 Å². The summed E-state index contributed by atoms with van der Waals surface area (Å²) in [5.41, 5.74) is 1.09. The summed E-state index contributed by atoms with van der Waals surface area (Å²) in [5, 5.41) is 19.4. The Bertz CT molecular complexity index is 539. The largest absolute Gasteiger partial charge is 0.505 e. The average Bonchev–Trinajstić information content (AvgIpc) is 2.33. The van der Waals surface area contributed by atoms with Gasteiger partial charge in [0.25, 0.3) is 0 Å². The van der Waals surface area contributed by atoms with E-state index in [1.165, 1.54) is 24.3 Å². The van der Waals surface area contributed by atoms with Crippen molar-refractivity contribution in [1.29, 1.82) is 0 Å². The van der Waals surface area contributed by atoms with Gasteiger partial charge in [0.15, 0.2) is 11.5 Å². The molecule has 2 aromatic rings. The average molecular weight is 336 g/mol. The van der Waals surface area contributed by atoms with E-state index in [4.69, 9.17) is 46.4 Å². The summed E-state index contributed by atoms with van der Waals surface area (Å²) in [6, 6.07) is 5.99. The Kier molecular flexibility index (Phi) is 4.36. The number of phenols is 2. The molecule has 0 aromatic heterocycles. The van der Waals surface area contributed by atoms with Crippen molar-refractivity contribution < 1.29 is 10.2 Å². The molecule has 0 unspecified atom stereocenters. The fourth-order valence-corrected chi connectivity index (χ4v) is 2.42. The number of hydrogen-bond acceptors (Lipinski definition) is 2.